The third kappa shape index (κ3) is 2.69. The van der Waals surface area contributed by atoms with E-state index in [9.17, 15) is 4.79 Å². The van der Waals surface area contributed by atoms with Crippen LogP contribution in [0, 0.1) is 13.8 Å². The van der Waals surface area contributed by atoms with Crippen LogP contribution in [0.25, 0.3) is 0 Å². The fraction of sp³-hybridized carbons (Fsp3) is 0.235. The summed E-state index contributed by atoms with van der Waals surface area (Å²) in [5, 5.41) is 9.11. The number of hydrogen-bond acceptors (Lipinski definition) is 4. The van der Waals surface area contributed by atoms with Gasteiger partial charge in [-0.25, -0.2) is 0 Å². The Labute approximate surface area is 133 Å². The van der Waals surface area contributed by atoms with E-state index < -0.39 is 5.97 Å². The van der Waals surface area contributed by atoms with Crippen molar-refractivity contribution in [2.75, 3.05) is 0 Å². The normalized spacial score (nSPS) is 12.3. The van der Waals surface area contributed by atoms with Crippen molar-refractivity contribution < 1.29 is 14.6 Å². The molecule has 5 heteroatoms. The molecule has 0 aliphatic carbocycles. The van der Waals surface area contributed by atoms with E-state index in [1.807, 2.05) is 32.0 Å². The zero-order valence-electron chi connectivity index (χ0n) is 12.5. The molecular weight excluding hydrogens is 298 g/mol. The topological polar surface area (TPSA) is 72.6 Å². The minimum absolute atomic E-state index is 0.0519. The van der Waals surface area contributed by atoms with Gasteiger partial charge in [0.05, 0.1) is 16.2 Å². The van der Waals surface area contributed by atoms with E-state index in [2.05, 4.69) is 6.07 Å². The van der Waals surface area contributed by atoms with Crippen LogP contribution in [0.3, 0.4) is 0 Å². The Kier molecular flexibility index (Phi) is 3.85. The lowest BCUT2D eigenvalue weighted by molar-refractivity contribution is -0.136. The van der Waals surface area contributed by atoms with Crippen molar-refractivity contribution in [2.45, 2.75) is 36.6 Å². The van der Waals surface area contributed by atoms with E-state index in [4.69, 9.17) is 15.6 Å². The van der Waals surface area contributed by atoms with Crippen LogP contribution in [0.15, 0.2) is 34.1 Å². The van der Waals surface area contributed by atoms with Crippen LogP contribution in [0.1, 0.15) is 22.3 Å². The molecule has 0 aromatic heterocycles. The molecule has 3 N–H and O–H groups in total. The highest BCUT2D eigenvalue weighted by Crippen LogP contribution is 2.50. The second-order valence-corrected chi connectivity index (χ2v) is 6.57. The molecule has 0 atom stereocenters. The first-order valence-corrected chi connectivity index (χ1v) is 7.84. The first-order chi connectivity index (χ1) is 10.5. The van der Waals surface area contributed by atoms with Gasteiger partial charge in [0.1, 0.15) is 11.5 Å². The summed E-state index contributed by atoms with van der Waals surface area (Å²) >= 11 is 1.61. The van der Waals surface area contributed by atoms with Gasteiger partial charge in [0.25, 0.3) is 0 Å². The van der Waals surface area contributed by atoms with Crippen LogP contribution in [0.2, 0.25) is 0 Å². The van der Waals surface area contributed by atoms with E-state index in [1.165, 1.54) is 0 Å². The van der Waals surface area contributed by atoms with Crippen molar-refractivity contribution in [3.63, 3.8) is 0 Å². The number of nitrogens with two attached hydrogens (primary N) is 1. The molecule has 0 radical (unpaired) electrons. The van der Waals surface area contributed by atoms with Crippen molar-refractivity contribution in [1.82, 2.24) is 0 Å². The van der Waals surface area contributed by atoms with E-state index in [0.29, 0.717) is 17.9 Å². The summed E-state index contributed by atoms with van der Waals surface area (Å²) in [7, 11) is 0. The molecular formula is C17H17NO3S. The van der Waals surface area contributed by atoms with E-state index in [-0.39, 0.29) is 6.42 Å². The third-order valence-corrected chi connectivity index (χ3v) is 4.58. The lowest BCUT2D eigenvalue weighted by atomic mass is 10.1. The van der Waals surface area contributed by atoms with Gasteiger partial charge >= 0.3 is 5.97 Å². The second kappa shape index (κ2) is 5.66. The molecule has 0 saturated carbocycles. The van der Waals surface area contributed by atoms with E-state index >= 15 is 0 Å². The number of rotatable bonds is 3. The van der Waals surface area contributed by atoms with Gasteiger partial charge < -0.3 is 15.6 Å². The maximum absolute atomic E-state index is 11.1. The number of carboxylic acid groups (broad SMARTS) is 1. The molecule has 0 unspecified atom stereocenters. The number of aliphatic carboxylic acids is 1. The van der Waals surface area contributed by atoms with Crippen LogP contribution in [0.5, 0.6) is 11.5 Å². The highest BCUT2D eigenvalue weighted by molar-refractivity contribution is 7.99. The van der Waals surface area contributed by atoms with Gasteiger partial charge in [-0.15, -0.1) is 0 Å². The Morgan fingerprint density at radius 2 is 1.64 bits per heavy atom. The molecule has 114 valence electrons. The molecule has 22 heavy (non-hydrogen) atoms. The largest absolute Gasteiger partial charge is 0.481 e. The van der Waals surface area contributed by atoms with Gasteiger partial charge in [0, 0.05) is 17.7 Å². The van der Waals surface area contributed by atoms with Gasteiger partial charge in [-0.05, 0) is 37.1 Å². The predicted octanol–water partition coefficient (Wildman–Crippen LogP) is 3.65. The van der Waals surface area contributed by atoms with Crippen LogP contribution >= 0.6 is 11.8 Å². The summed E-state index contributed by atoms with van der Waals surface area (Å²) in [6.45, 7) is 4.38. The number of carbonyl (C=O) groups is 1. The Morgan fingerprint density at radius 3 is 2.18 bits per heavy atom. The molecule has 2 aromatic carbocycles. The molecule has 4 nitrogen and oxygen atoms in total. The van der Waals surface area contributed by atoms with Crippen molar-refractivity contribution in [2.24, 2.45) is 5.73 Å². The van der Waals surface area contributed by atoms with Crippen molar-refractivity contribution in [1.29, 1.82) is 0 Å². The van der Waals surface area contributed by atoms with Crippen LogP contribution in [-0.4, -0.2) is 11.1 Å². The molecule has 2 aromatic rings. The lowest BCUT2D eigenvalue weighted by Gasteiger charge is -2.24. The average Bonchev–Trinajstić information content (AvgIpc) is 2.43. The van der Waals surface area contributed by atoms with Crippen LogP contribution in [-0.2, 0) is 17.8 Å². The average molecular weight is 315 g/mol. The summed E-state index contributed by atoms with van der Waals surface area (Å²) in [5.41, 5.74) is 9.63. The van der Waals surface area contributed by atoms with Gasteiger partial charge in [-0.3, -0.25) is 4.79 Å². The highest BCUT2D eigenvalue weighted by atomic mass is 32.2. The van der Waals surface area contributed by atoms with Gasteiger partial charge in [0.2, 0.25) is 0 Å². The molecule has 3 rings (SSSR count). The van der Waals surface area contributed by atoms with E-state index in [1.54, 1.807) is 11.8 Å². The number of ether oxygens (including phenoxy) is 1. The monoisotopic (exact) mass is 315 g/mol. The Bertz CT molecular complexity index is 771. The predicted molar refractivity (Wildman–Crippen MR) is 85.8 cm³/mol. The SMILES string of the molecule is Cc1cc(CN)c2c(c1)Sc1cc(C)cc(CC(=O)O)c1O2. The zero-order valence-corrected chi connectivity index (χ0v) is 13.3. The zero-order chi connectivity index (χ0) is 15.9. The fourth-order valence-electron chi connectivity index (χ4n) is 2.67. The number of benzene rings is 2. The van der Waals surface area contributed by atoms with Crippen LogP contribution in [0.4, 0.5) is 0 Å². The molecule has 0 amide bonds. The summed E-state index contributed by atoms with van der Waals surface area (Å²) in [6.07, 6.45) is -0.0519. The molecule has 1 heterocycles. The molecule has 0 saturated heterocycles. The second-order valence-electron chi connectivity index (χ2n) is 5.48. The molecule has 0 bridgehead atoms. The summed E-state index contributed by atoms with van der Waals surface area (Å²) in [6, 6.07) is 7.98. The van der Waals surface area contributed by atoms with Gasteiger partial charge in [0.15, 0.2) is 0 Å². The number of aryl methyl sites for hydroxylation is 2. The minimum Gasteiger partial charge on any atom is -0.481 e. The number of fused-ring (bicyclic) bond motifs is 2. The lowest BCUT2D eigenvalue weighted by Crippen LogP contribution is -2.08. The van der Waals surface area contributed by atoms with Gasteiger partial charge in [-0.2, -0.15) is 0 Å². The summed E-state index contributed by atoms with van der Waals surface area (Å²) < 4.78 is 6.08. The van der Waals surface area contributed by atoms with Crippen LogP contribution < -0.4 is 10.5 Å². The maximum atomic E-state index is 11.1. The molecule has 1 aliphatic rings. The summed E-state index contributed by atoms with van der Waals surface area (Å²) in [4.78, 5) is 13.1. The molecule has 0 fully saturated rings. The first kappa shape index (κ1) is 14.9. The molecule has 0 spiro atoms. The Balaban J connectivity index is 2.13. The molecule has 1 aliphatic heterocycles. The minimum atomic E-state index is -0.866. The first-order valence-electron chi connectivity index (χ1n) is 7.02. The number of hydrogen-bond donors (Lipinski definition) is 2. The quantitative estimate of drug-likeness (QED) is 0.772. The van der Waals surface area contributed by atoms with E-state index in [0.717, 1.165) is 32.2 Å². The van der Waals surface area contributed by atoms with Gasteiger partial charge in [-0.1, -0.05) is 23.9 Å². The van der Waals surface area contributed by atoms with Crippen molar-refractivity contribution >= 4 is 17.7 Å². The Hall–Kier alpha value is -1.98. The maximum Gasteiger partial charge on any atom is 0.307 e. The smallest absolute Gasteiger partial charge is 0.307 e. The third-order valence-electron chi connectivity index (χ3n) is 3.54. The Morgan fingerprint density at radius 1 is 1.09 bits per heavy atom. The fourth-order valence-corrected chi connectivity index (χ4v) is 3.93. The number of carboxylic acids is 1. The van der Waals surface area contributed by atoms with Crippen molar-refractivity contribution in [3.05, 3.63) is 46.5 Å². The summed E-state index contributed by atoms with van der Waals surface area (Å²) in [5.74, 6) is 0.528. The standard InChI is InChI=1S/C17H17NO3S/c1-9-3-11(7-15(19)20)16-13(5-9)22-14-6-10(2)4-12(8-18)17(14)21-16/h3-6H,7-8,18H2,1-2H3,(H,19,20). The van der Waals surface area contributed by atoms with Crippen molar-refractivity contribution in [3.8, 4) is 11.5 Å². The highest BCUT2D eigenvalue weighted by Gasteiger charge is 2.24.